The number of allylic oxidation sites excluding steroid dienone is 2. The van der Waals surface area contributed by atoms with Crippen LogP contribution in [0.4, 0.5) is 13.2 Å². The Kier molecular flexibility index (Phi) is 13.3. The van der Waals surface area contributed by atoms with E-state index in [-0.39, 0.29) is 0 Å². The molecule has 0 saturated carbocycles. The van der Waals surface area contributed by atoms with E-state index in [1.807, 2.05) is 0 Å². The van der Waals surface area contributed by atoms with E-state index in [4.69, 9.17) is 0 Å². The van der Waals surface area contributed by atoms with Crippen molar-refractivity contribution in [3.63, 3.8) is 0 Å². The van der Waals surface area contributed by atoms with Gasteiger partial charge in [0.15, 0.2) is 0 Å². The van der Waals surface area contributed by atoms with E-state index in [2.05, 4.69) is 6.92 Å². The Morgan fingerprint density at radius 2 is 1.18 bits per heavy atom. The van der Waals surface area contributed by atoms with Crippen LogP contribution in [0.2, 0.25) is 0 Å². The summed E-state index contributed by atoms with van der Waals surface area (Å²) in [6, 6.07) is 0. The van der Waals surface area contributed by atoms with Crippen molar-refractivity contribution in [1.29, 1.82) is 0 Å². The second-order valence-corrected chi connectivity index (χ2v) is 5.94. The van der Waals surface area contributed by atoms with Gasteiger partial charge in [0, 0.05) is 0 Å². The lowest BCUT2D eigenvalue weighted by atomic mass is 10.0. The number of carbonyl (C=O) groups is 1. The van der Waals surface area contributed by atoms with Crippen molar-refractivity contribution in [2.24, 2.45) is 0 Å². The maximum Gasteiger partial charge on any atom is 0.454 e. The lowest BCUT2D eigenvalue weighted by Gasteiger charge is -2.02. The predicted octanol–water partition coefficient (Wildman–Crippen LogP) is 6.77. The van der Waals surface area contributed by atoms with Crippen molar-refractivity contribution in [2.75, 3.05) is 0 Å². The van der Waals surface area contributed by atoms with Gasteiger partial charge in [-0.15, -0.1) is 0 Å². The summed E-state index contributed by atoms with van der Waals surface area (Å²) in [5.41, 5.74) is 0. The minimum absolute atomic E-state index is 0.555. The molecule has 0 amide bonds. The molecular formula is C18H31F3O. The van der Waals surface area contributed by atoms with Crippen LogP contribution >= 0.6 is 0 Å². The van der Waals surface area contributed by atoms with Crippen molar-refractivity contribution in [2.45, 2.75) is 96.6 Å². The second kappa shape index (κ2) is 13.8. The molecule has 1 nitrogen and oxygen atoms in total. The van der Waals surface area contributed by atoms with Gasteiger partial charge in [-0.1, -0.05) is 83.6 Å². The van der Waals surface area contributed by atoms with Crippen LogP contribution in [0.3, 0.4) is 0 Å². The van der Waals surface area contributed by atoms with Crippen molar-refractivity contribution in [3.05, 3.63) is 12.2 Å². The fourth-order valence-electron chi connectivity index (χ4n) is 2.39. The zero-order valence-corrected chi connectivity index (χ0v) is 13.9. The molecule has 22 heavy (non-hydrogen) atoms. The molecule has 0 aliphatic carbocycles. The maximum atomic E-state index is 11.9. The van der Waals surface area contributed by atoms with Gasteiger partial charge in [0.25, 0.3) is 5.78 Å². The fraction of sp³-hybridized carbons (Fsp3) is 0.833. The molecule has 0 heterocycles. The third-order valence-electron chi connectivity index (χ3n) is 3.77. The molecule has 0 aromatic heterocycles. The first kappa shape index (κ1) is 21.2. The van der Waals surface area contributed by atoms with E-state index in [0.29, 0.717) is 12.5 Å². The van der Waals surface area contributed by atoms with E-state index in [0.717, 1.165) is 19.3 Å². The largest absolute Gasteiger partial charge is 0.454 e. The molecule has 0 aliphatic rings. The number of carbonyl (C=O) groups excluding carboxylic acids is 1. The quantitative estimate of drug-likeness (QED) is 0.255. The number of halogens is 3. The number of unbranched alkanes of at least 4 members (excludes halogenated alkanes) is 12. The van der Waals surface area contributed by atoms with Crippen molar-refractivity contribution in [3.8, 4) is 0 Å². The first-order chi connectivity index (χ1) is 10.5. The lowest BCUT2D eigenvalue weighted by molar-refractivity contribution is -0.165. The van der Waals surface area contributed by atoms with E-state index in [1.165, 1.54) is 63.9 Å². The second-order valence-electron chi connectivity index (χ2n) is 5.94. The Balaban J connectivity index is 3.24. The van der Waals surface area contributed by atoms with Crippen LogP contribution in [0.5, 0.6) is 0 Å². The predicted molar refractivity (Wildman–Crippen MR) is 85.9 cm³/mol. The molecule has 0 saturated heterocycles. The standard InChI is InChI=1S/C18H31F3O/c1-2-3-4-5-6-7-8-9-10-11-12-13-14-15-16-17(22)18(19,20)21/h15-16H,2-14H2,1H3. The molecule has 0 aliphatic heterocycles. The summed E-state index contributed by atoms with van der Waals surface area (Å²) in [6.45, 7) is 2.23. The zero-order chi connectivity index (χ0) is 16.7. The molecule has 0 unspecified atom stereocenters. The molecule has 0 N–H and O–H groups in total. The third kappa shape index (κ3) is 14.2. The van der Waals surface area contributed by atoms with Crippen LogP contribution in [0.15, 0.2) is 12.2 Å². The Bertz CT molecular complexity index is 295. The van der Waals surface area contributed by atoms with E-state index < -0.39 is 12.0 Å². The Morgan fingerprint density at radius 3 is 1.59 bits per heavy atom. The van der Waals surface area contributed by atoms with Crippen LogP contribution in [0.1, 0.15) is 90.4 Å². The van der Waals surface area contributed by atoms with Gasteiger partial charge in [0.1, 0.15) is 0 Å². The number of hydrogen-bond acceptors (Lipinski definition) is 1. The van der Waals surface area contributed by atoms with E-state index >= 15 is 0 Å². The average molecular weight is 320 g/mol. The SMILES string of the molecule is CCCCCCCCCCCCCCC=CC(=O)C(F)(F)F. The Morgan fingerprint density at radius 1 is 0.773 bits per heavy atom. The highest BCUT2D eigenvalue weighted by Gasteiger charge is 2.35. The van der Waals surface area contributed by atoms with Crippen molar-refractivity contribution >= 4 is 5.78 Å². The molecule has 0 atom stereocenters. The summed E-state index contributed by atoms with van der Waals surface area (Å²) < 4.78 is 35.7. The Hall–Kier alpha value is -0.800. The highest BCUT2D eigenvalue weighted by atomic mass is 19.4. The van der Waals surface area contributed by atoms with E-state index in [9.17, 15) is 18.0 Å². The lowest BCUT2D eigenvalue weighted by Crippen LogP contribution is -2.19. The molecule has 4 heteroatoms. The first-order valence-corrected chi connectivity index (χ1v) is 8.76. The molecule has 0 bridgehead atoms. The first-order valence-electron chi connectivity index (χ1n) is 8.76. The smallest absolute Gasteiger partial charge is 0.285 e. The maximum absolute atomic E-state index is 11.9. The number of ketones is 1. The molecule has 0 aromatic rings. The normalized spacial score (nSPS) is 12.2. The molecule has 0 radical (unpaired) electrons. The number of alkyl halides is 3. The van der Waals surface area contributed by atoms with Crippen molar-refractivity contribution < 1.29 is 18.0 Å². The summed E-state index contributed by atoms with van der Waals surface area (Å²) in [7, 11) is 0. The van der Waals surface area contributed by atoms with Crippen LogP contribution in [0, 0.1) is 0 Å². The molecule has 0 fully saturated rings. The van der Waals surface area contributed by atoms with Gasteiger partial charge in [-0.25, -0.2) is 0 Å². The Labute approximate surface area is 133 Å². The highest BCUT2D eigenvalue weighted by molar-refractivity contribution is 5.94. The third-order valence-corrected chi connectivity index (χ3v) is 3.77. The summed E-state index contributed by atoms with van der Waals surface area (Å²) in [6.07, 6.45) is 12.6. The van der Waals surface area contributed by atoms with Crippen LogP contribution in [-0.4, -0.2) is 12.0 Å². The number of hydrogen-bond donors (Lipinski definition) is 0. The summed E-state index contributed by atoms with van der Waals surface area (Å²) in [5.74, 6) is -1.76. The minimum atomic E-state index is -4.73. The van der Waals surface area contributed by atoms with Gasteiger partial charge in [0.2, 0.25) is 0 Å². The summed E-state index contributed by atoms with van der Waals surface area (Å²) in [5, 5.41) is 0. The van der Waals surface area contributed by atoms with Gasteiger partial charge in [-0.3, -0.25) is 4.79 Å². The molecule has 0 aromatic carbocycles. The highest BCUT2D eigenvalue weighted by Crippen LogP contribution is 2.17. The molecule has 0 rings (SSSR count). The number of rotatable bonds is 14. The summed E-state index contributed by atoms with van der Waals surface area (Å²) in [4.78, 5) is 10.6. The molecular weight excluding hydrogens is 289 g/mol. The van der Waals surface area contributed by atoms with Gasteiger partial charge in [-0.05, 0) is 18.9 Å². The minimum Gasteiger partial charge on any atom is -0.285 e. The summed E-state index contributed by atoms with van der Waals surface area (Å²) >= 11 is 0. The average Bonchev–Trinajstić information content (AvgIpc) is 2.46. The fourth-order valence-corrected chi connectivity index (χ4v) is 2.39. The molecule has 0 spiro atoms. The van der Waals surface area contributed by atoms with Gasteiger partial charge in [0.05, 0.1) is 0 Å². The molecule has 130 valence electrons. The van der Waals surface area contributed by atoms with E-state index in [1.54, 1.807) is 0 Å². The van der Waals surface area contributed by atoms with Gasteiger partial charge in [-0.2, -0.15) is 13.2 Å². The van der Waals surface area contributed by atoms with Crippen LogP contribution in [-0.2, 0) is 4.79 Å². The van der Waals surface area contributed by atoms with Crippen LogP contribution in [0.25, 0.3) is 0 Å². The van der Waals surface area contributed by atoms with Crippen molar-refractivity contribution in [1.82, 2.24) is 0 Å². The van der Waals surface area contributed by atoms with Gasteiger partial charge >= 0.3 is 6.18 Å². The topological polar surface area (TPSA) is 17.1 Å². The monoisotopic (exact) mass is 320 g/mol. The zero-order valence-electron chi connectivity index (χ0n) is 13.9. The van der Waals surface area contributed by atoms with Gasteiger partial charge < -0.3 is 0 Å². The van der Waals surface area contributed by atoms with Crippen LogP contribution < -0.4 is 0 Å².